The van der Waals surface area contributed by atoms with Crippen LogP contribution in [0.2, 0.25) is 0 Å². The lowest BCUT2D eigenvalue weighted by Crippen LogP contribution is -2.31. The summed E-state index contributed by atoms with van der Waals surface area (Å²) in [5.41, 5.74) is 1.12. The maximum Gasteiger partial charge on any atom is 0.305 e. The maximum atomic E-state index is 11.5. The molecule has 0 heterocycles. The van der Waals surface area contributed by atoms with Crippen LogP contribution in [0.3, 0.4) is 0 Å². The van der Waals surface area contributed by atoms with Gasteiger partial charge in [0.25, 0.3) is 0 Å². The molecule has 1 aliphatic rings. The molecule has 0 aliphatic heterocycles. The first-order valence-corrected chi connectivity index (χ1v) is 7.16. The van der Waals surface area contributed by atoms with Crippen LogP contribution in [0.1, 0.15) is 44.6 Å². The summed E-state index contributed by atoms with van der Waals surface area (Å²) in [6.07, 6.45) is 5.75. The summed E-state index contributed by atoms with van der Waals surface area (Å²) in [5.74, 6) is 0.578. The predicted molar refractivity (Wildman–Crippen MR) is 73.9 cm³/mol. The van der Waals surface area contributed by atoms with Crippen molar-refractivity contribution >= 4 is 5.97 Å². The molecule has 0 bridgehead atoms. The van der Waals surface area contributed by atoms with E-state index in [0.29, 0.717) is 18.1 Å². The van der Waals surface area contributed by atoms with Gasteiger partial charge in [-0.2, -0.15) is 0 Å². The summed E-state index contributed by atoms with van der Waals surface area (Å²) in [6.45, 7) is 1.83. The average Bonchev–Trinajstić information content (AvgIpc) is 2.41. The molecule has 0 aromatic heterocycles. The highest BCUT2D eigenvalue weighted by Gasteiger charge is 2.28. The topological polar surface area (TPSA) is 46.5 Å². The van der Waals surface area contributed by atoms with Crippen molar-refractivity contribution in [2.75, 3.05) is 0 Å². The first kappa shape index (κ1) is 13.9. The normalized spacial score (nSPS) is 23.0. The summed E-state index contributed by atoms with van der Waals surface area (Å²) in [5, 5.41) is 9.51. The Morgan fingerprint density at radius 3 is 2.89 bits per heavy atom. The van der Waals surface area contributed by atoms with Crippen LogP contribution in [-0.4, -0.2) is 17.2 Å². The third kappa shape index (κ3) is 3.98. The van der Waals surface area contributed by atoms with E-state index in [4.69, 9.17) is 4.74 Å². The Morgan fingerprint density at radius 1 is 1.37 bits per heavy atom. The minimum Gasteiger partial charge on any atom is -0.508 e. The maximum absolute atomic E-state index is 11.5. The summed E-state index contributed by atoms with van der Waals surface area (Å²) in [7, 11) is 0. The van der Waals surface area contributed by atoms with E-state index in [-0.39, 0.29) is 12.1 Å². The van der Waals surface area contributed by atoms with E-state index in [1.54, 1.807) is 12.1 Å². The van der Waals surface area contributed by atoms with Gasteiger partial charge >= 0.3 is 5.97 Å². The number of aromatic hydroxyl groups is 1. The molecule has 1 aromatic carbocycles. The van der Waals surface area contributed by atoms with Crippen LogP contribution in [0, 0.1) is 5.92 Å². The zero-order valence-electron chi connectivity index (χ0n) is 11.5. The number of benzene rings is 1. The van der Waals surface area contributed by atoms with E-state index in [9.17, 15) is 9.90 Å². The van der Waals surface area contributed by atoms with Crippen molar-refractivity contribution in [1.29, 1.82) is 0 Å². The van der Waals surface area contributed by atoms with Gasteiger partial charge in [0.1, 0.15) is 11.9 Å². The molecule has 1 aliphatic carbocycles. The smallest absolute Gasteiger partial charge is 0.305 e. The van der Waals surface area contributed by atoms with Crippen LogP contribution < -0.4 is 0 Å². The van der Waals surface area contributed by atoms with E-state index in [1.165, 1.54) is 6.42 Å². The summed E-state index contributed by atoms with van der Waals surface area (Å²) in [6, 6.07) is 7.36. The number of esters is 1. The molecule has 1 saturated carbocycles. The molecule has 0 spiro atoms. The van der Waals surface area contributed by atoms with Crippen molar-refractivity contribution in [2.24, 2.45) is 5.92 Å². The number of carbonyl (C=O) groups is 1. The fraction of sp³-hybridized carbons (Fsp3) is 0.562. The van der Waals surface area contributed by atoms with E-state index in [2.05, 4.69) is 0 Å². The van der Waals surface area contributed by atoms with Gasteiger partial charge in [0.05, 0.1) is 0 Å². The molecule has 2 atom stereocenters. The van der Waals surface area contributed by atoms with Crippen molar-refractivity contribution in [3.8, 4) is 5.75 Å². The Hall–Kier alpha value is -1.51. The van der Waals surface area contributed by atoms with Crippen molar-refractivity contribution in [1.82, 2.24) is 0 Å². The molecule has 1 fully saturated rings. The van der Waals surface area contributed by atoms with E-state index in [0.717, 1.165) is 31.2 Å². The van der Waals surface area contributed by atoms with Crippen LogP contribution in [0.5, 0.6) is 5.75 Å². The van der Waals surface area contributed by atoms with Crippen LogP contribution in [-0.2, 0) is 16.0 Å². The molecule has 3 nitrogen and oxygen atoms in total. The first-order chi connectivity index (χ1) is 9.19. The standard InChI is InChI=1S/C16H22O3/c1-2-16(18)19-15-9-4-3-7-13(15)10-12-6-5-8-14(17)11-12/h5-6,8,11,13,15,17H,2-4,7,9-10H2,1H3. The molecule has 1 N–H and O–H groups in total. The Kier molecular flexibility index (Phi) is 4.83. The van der Waals surface area contributed by atoms with Gasteiger partial charge in [-0.1, -0.05) is 25.5 Å². The first-order valence-electron chi connectivity index (χ1n) is 7.16. The highest BCUT2D eigenvalue weighted by Crippen LogP contribution is 2.30. The fourth-order valence-corrected chi connectivity index (χ4v) is 2.80. The number of carbonyl (C=O) groups excluding carboxylic acids is 1. The highest BCUT2D eigenvalue weighted by molar-refractivity contribution is 5.69. The molecule has 2 rings (SSSR count). The Morgan fingerprint density at radius 2 is 2.16 bits per heavy atom. The summed E-state index contributed by atoms with van der Waals surface area (Å²) >= 11 is 0. The van der Waals surface area contributed by atoms with E-state index >= 15 is 0 Å². The fourth-order valence-electron chi connectivity index (χ4n) is 2.80. The molecule has 0 saturated heterocycles. The van der Waals surface area contributed by atoms with Gasteiger partial charge in [-0.05, 0) is 49.3 Å². The number of phenolic OH excluding ortho intramolecular Hbond substituents is 1. The summed E-state index contributed by atoms with van der Waals surface area (Å²) < 4.78 is 5.55. The molecule has 19 heavy (non-hydrogen) atoms. The number of ether oxygens (including phenoxy) is 1. The third-order valence-corrected chi connectivity index (χ3v) is 3.82. The molecule has 1 aromatic rings. The van der Waals surface area contributed by atoms with Crippen molar-refractivity contribution in [2.45, 2.75) is 51.6 Å². The molecule has 0 amide bonds. The molecule has 2 unspecified atom stereocenters. The van der Waals surface area contributed by atoms with Crippen LogP contribution >= 0.6 is 0 Å². The molecule has 104 valence electrons. The Bertz CT molecular complexity index is 428. The van der Waals surface area contributed by atoms with Crippen molar-refractivity contribution < 1.29 is 14.6 Å². The summed E-state index contributed by atoms with van der Waals surface area (Å²) in [4.78, 5) is 11.5. The Balaban J connectivity index is 2.01. The van der Waals surface area contributed by atoms with Gasteiger partial charge in [0, 0.05) is 6.42 Å². The molecule has 0 radical (unpaired) electrons. The SMILES string of the molecule is CCC(=O)OC1CCCCC1Cc1cccc(O)c1. The van der Waals surface area contributed by atoms with Crippen molar-refractivity contribution in [3.05, 3.63) is 29.8 Å². The van der Waals surface area contributed by atoms with Crippen LogP contribution in [0.25, 0.3) is 0 Å². The molecular weight excluding hydrogens is 240 g/mol. The minimum absolute atomic E-state index is 0.0450. The zero-order valence-corrected chi connectivity index (χ0v) is 11.5. The number of hydrogen-bond acceptors (Lipinski definition) is 3. The van der Waals surface area contributed by atoms with Gasteiger partial charge in [-0.15, -0.1) is 0 Å². The highest BCUT2D eigenvalue weighted by atomic mass is 16.5. The number of rotatable bonds is 4. The van der Waals surface area contributed by atoms with E-state index < -0.39 is 0 Å². The van der Waals surface area contributed by atoms with Crippen LogP contribution in [0.4, 0.5) is 0 Å². The van der Waals surface area contributed by atoms with Crippen LogP contribution in [0.15, 0.2) is 24.3 Å². The van der Waals surface area contributed by atoms with Crippen molar-refractivity contribution in [3.63, 3.8) is 0 Å². The lowest BCUT2D eigenvalue weighted by Gasteiger charge is -2.31. The van der Waals surface area contributed by atoms with Gasteiger partial charge < -0.3 is 9.84 Å². The lowest BCUT2D eigenvalue weighted by atomic mass is 9.82. The molecule has 3 heteroatoms. The second-order valence-electron chi connectivity index (χ2n) is 5.30. The number of hydrogen-bond donors (Lipinski definition) is 1. The lowest BCUT2D eigenvalue weighted by molar-refractivity contribution is -0.153. The average molecular weight is 262 g/mol. The third-order valence-electron chi connectivity index (χ3n) is 3.82. The number of phenols is 1. The minimum atomic E-state index is -0.104. The zero-order chi connectivity index (χ0) is 13.7. The largest absolute Gasteiger partial charge is 0.508 e. The van der Waals surface area contributed by atoms with Gasteiger partial charge in [0.15, 0.2) is 0 Å². The second kappa shape index (κ2) is 6.60. The monoisotopic (exact) mass is 262 g/mol. The second-order valence-corrected chi connectivity index (χ2v) is 5.30. The van der Waals surface area contributed by atoms with Gasteiger partial charge in [-0.3, -0.25) is 4.79 Å². The Labute approximate surface area is 114 Å². The quantitative estimate of drug-likeness (QED) is 0.845. The van der Waals surface area contributed by atoms with E-state index in [1.807, 2.05) is 19.1 Å². The van der Waals surface area contributed by atoms with Gasteiger partial charge in [-0.25, -0.2) is 0 Å². The van der Waals surface area contributed by atoms with Gasteiger partial charge in [0.2, 0.25) is 0 Å². The molecular formula is C16H22O3. The predicted octanol–water partition coefficient (Wildman–Crippen LogP) is 3.45.